The summed E-state index contributed by atoms with van der Waals surface area (Å²) in [5.74, 6) is -1.05. The van der Waals surface area contributed by atoms with Gasteiger partial charge in [0.2, 0.25) is 5.82 Å². The first-order valence-electron chi connectivity index (χ1n) is 7.54. The maximum atomic E-state index is 12.8. The number of fused-ring (bicyclic) bond motifs is 2. The van der Waals surface area contributed by atoms with Gasteiger partial charge in [0.05, 0.1) is 6.54 Å². The Hall–Kier alpha value is -2.13. The summed E-state index contributed by atoms with van der Waals surface area (Å²) in [7, 11) is 0. The van der Waals surface area contributed by atoms with E-state index in [9.17, 15) is 18.0 Å². The van der Waals surface area contributed by atoms with Crippen molar-refractivity contribution in [2.75, 3.05) is 6.54 Å². The summed E-state index contributed by atoms with van der Waals surface area (Å²) in [5.41, 5.74) is 2.79. The van der Waals surface area contributed by atoms with E-state index >= 15 is 0 Å². The van der Waals surface area contributed by atoms with Gasteiger partial charge >= 0.3 is 6.18 Å². The van der Waals surface area contributed by atoms with Crippen LogP contribution in [0.3, 0.4) is 0 Å². The van der Waals surface area contributed by atoms with Gasteiger partial charge in [0, 0.05) is 31.7 Å². The van der Waals surface area contributed by atoms with E-state index in [4.69, 9.17) is 0 Å². The van der Waals surface area contributed by atoms with Crippen molar-refractivity contribution in [2.45, 2.75) is 32.4 Å². The normalized spacial score (nSPS) is 16.2. The molecule has 3 heterocycles. The number of alkyl halides is 3. The largest absolute Gasteiger partial charge is 0.451 e. The van der Waals surface area contributed by atoms with Gasteiger partial charge in [-0.3, -0.25) is 4.79 Å². The van der Waals surface area contributed by atoms with Crippen molar-refractivity contribution < 1.29 is 18.0 Å². The third kappa shape index (κ3) is 3.09. The zero-order valence-electron chi connectivity index (χ0n) is 13.0. The van der Waals surface area contributed by atoms with Crippen LogP contribution in [0, 0.1) is 0 Å². The Morgan fingerprint density at radius 3 is 2.64 bits per heavy atom. The van der Waals surface area contributed by atoms with Crippen LogP contribution in [0.4, 0.5) is 13.2 Å². The molecule has 0 atom stereocenters. The lowest BCUT2D eigenvalue weighted by Crippen LogP contribution is -2.39. The molecular formula is C15H15ClF3N5O. The Balaban J connectivity index is 0.00000182. The highest BCUT2D eigenvalue weighted by Gasteiger charge is 2.40. The molecule has 134 valence electrons. The van der Waals surface area contributed by atoms with E-state index in [1.807, 2.05) is 12.1 Å². The van der Waals surface area contributed by atoms with Gasteiger partial charge in [-0.25, -0.2) is 0 Å². The number of amides is 1. The minimum atomic E-state index is -4.54. The number of halogens is 4. The number of hydrogen-bond acceptors (Lipinski definition) is 4. The van der Waals surface area contributed by atoms with Gasteiger partial charge in [0.15, 0.2) is 5.82 Å². The first-order chi connectivity index (χ1) is 11.4. The molecule has 2 aromatic rings. The Labute approximate surface area is 147 Å². The van der Waals surface area contributed by atoms with E-state index in [0.29, 0.717) is 5.56 Å². The Morgan fingerprint density at radius 1 is 1.12 bits per heavy atom. The van der Waals surface area contributed by atoms with Crippen molar-refractivity contribution in [2.24, 2.45) is 0 Å². The lowest BCUT2D eigenvalue weighted by Gasteiger charge is -2.28. The zero-order chi connectivity index (χ0) is 16.9. The van der Waals surface area contributed by atoms with Crippen LogP contribution >= 0.6 is 12.4 Å². The summed E-state index contributed by atoms with van der Waals surface area (Å²) in [6, 6.07) is 5.52. The molecule has 1 N–H and O–H groups in total. The predicted molar refractivity (Wildman–Crippen MR) is 84.0 cm³/mol. The van der Waals surface area contributed by atoms with Gasteiger partial charge in [-0.15, -0.1) is 22.6 Å². The molecule has 2 aliphatic rings. The Kier molecular flexibility index (Phi) is 4.46. The van der Waals surface area contributed by atoms with Gasteiger partial charge < -0.3 is 14.8 Å². The van der Waals surface area contributed by atoms with Crippen LogP contribution in [-0.4, -0.2) is 32.1 Å². The number of carbonyl (C=O) groups excluding carboxylic acids is 1. The quantitative estimate of drug-likeness (QED) is 0.830. The number of hydrogen-bond donors (Lipinski definition) is 1. The number of carbonyl (C=O) groups is 1. The van der Waals surface area contributed by atoms with Crippen LogP contribution in [0.2, 0.25) is 0 Å². The van der Waals surface area contributed by atoms with Crippen LogP contribution in [0.5, 0.6) is 0 Å². The van der Waals surface area contributed by atoms with Crippen LogP contribution in [0.1, 0.15) is 33.1 Å². The average molecular weight is 374 g/mol. The molecular weight excluding hydrogens is 359 g/mol. The standard InChI is InChI=1S/C15H14F3N5O.ClH/c16-15(17,18)14-21-20-12-8-22(3-4-23(12)14)13(24)9-1-2-10-6-19-7-11(10)5-9;/h1-2,5,19H,3-4,6-8H2;1H. The molecule has 25 heavy (non-hydrogen) atoms. The van der Waals surface area contributed by atoms with E-state index in [2.05, 4.69) is 15.5 Å². The highest BCUT2D eigenvalue weighted by Crippen LogP contribution is 2.29. The third-order valence-electron chi connectivity index (χ3n) is 4.38. The van der Waals surface area contributed by atoms with E-state index < -0.39 is 12.0 Å². The van der Waals surface area contributed by atoms with E-state index in [1.54, 1.807) is 6.07 Å². The van der Waals surface area contributed by atoms with Gasteiger partial charge in [0.25, 0.3) is 5.91 Å². The number of benzene rings is 1. The molecule has 0 unspecified atom stereocenters. The highest BCUT2D eigenvalue weighted by molar-refractivity contribution is 5.94. The van der Waals surface area contributed by atoms with Crippen molar-refractivity contribution in [1.82, 2.24) is 25.0 Å². The summed E-state index contributed by atoms with van der Waals surface area (Å²) in [6.07, 6.45) is -4.54. The topological polar surface area (TPSA) is 63.1 Å². The van der Waals surface area contributed by atoms with E-state index in [1.165, 1.54) is 10.5 Å². The first-order valence-corrected chi connectivity index (χ1v) is 7.54. The molecule has 0 bridgehead atoms. The molecule has 0 fully saturated rings. The fourth-order valence-electron chi connectivity index (χ4n) is 3.15. The van der Waals surface area contributed by atoms with Gasteiger partial charge in [-0.05, 0) is 23.3 Å². The molecule has 0 radical (unpaired) electrons. The lowest BCUT2D eigenvalue weighted by atomic mass is 10.1. The fourth-order valence-corrected chi connectivity index (χ4v) is 3.15. The van der Waals surface area contributed by atoms with Gasteiger partial charge in [0.1, 0.15) is 0 Å². The maximum absolute atomic E-state index is 12.8. The molecule has 1 aromatic heterocycles. The molecule has 0 spiro atoms. The number of aromatic nitrogens is 3. The second kappa shape index (κ2) is 6.30. The molecule has 4 rings (SSSR count). The molecule has 2 aliphatic heterocycles. The van der Waals surface area contributed by atoms with Gasteiger partial charge in [-0.1, -0.05) is 6.07 Å². The van der Waals surface area contributed by atoms with Gasteiger partial charge in [-0.2, -0.15) is 13.2 Å². The maximum Gasteiger partial charge on any atom is 0.451 e. The summed E-state index contributed by atoms with van der Waals surface area (Å²) in [4.78, 5) is 14.1. The molecule has 1 amide bonds. The van der Waals surface area contributed by atoms with Crippen molar-refractivity contribution >= 4 is 18.3 Å². The second-order valence-corrected chi connectivity index (χ2v) is 5.90. The third-order valence-corrected chi connectivity index (χ3v) is 4.38. The van der Waals surface area contributed by atoms with E-state index in [0.717, 1.165) is 23.2 Å². The van der Waals surface area contributed by atoms with Crippen LogP contribution < -0.4 is 5.32 Å². The van der Waals surface area contributed by atoms with Crippen LogP contribution in [0.15, 0.2) is 18.2 Å². The van der Waals surface area contributed by atoms with Crippen LogP contribution in [0.25, 0.3) is 0 Å². The van der Waals surface area contributed by atoms with Crippen LogP contribution in [-0.2, 0) is 32.4 Å². The summed E-state index contributed by atoms with van der Waals surface area (Å²) in [6.45, 7) is 1.77. The molecule has 1 aromatic carbocycles. The minimum Gasteiger partial charge on any atom is -0.329 e. The van der Waals surface area contributed by atoms with Crippen molar-refractivity contribution in [3.63, 3.8) is 0 Å². The summed E-state index contributed by atoms with van der Waals surface area (Å²) >= 11 is 0. The molecule has 0 aliphatic carbocycles. The highest BCUT2D eigenvalue weighted by atomic mass is 35.5. The van der Waals surface area contributed by atoms with E-state index in [-0.39, 0.29) is 43.8 Å². The summed E-state index contributed by atoms with van der Waals surface area (Å²) in [5, 5.41) is 10.0. The Bertz CT molecular complexity index is 820. The number of nitrogens with one attached hydrogen (secondary N) is 1. The number of nitrogens with zero attached hydrogens (tertiary/aromatic N) is 4. The second-order valence-electron chi connectivity index (χ2n) is 5.90. The SMILES string of the molecule is Cl.O=C(c1ccc2c(c1)CNC2)N1CCn2c(nnc2C(F)(F)F)C1. The average Bonchev–Trinajstić information content (AvgIpc) is 3.18. The summed E-state index contributed by atoms with van der Waals surface area (Å²) < 4.78 is 39.6. The van der Waals surface area contributed by atoms with Crippen molar-refractivity contribution in [3.05, 3.63) is 46.5 Å². The molecule has 0 saturated carbocycles. The smallest absolute Gasteiger partial charge is 0.329 e. The lowest BCUT2D eigenvalue weighted by molar-refractivity contribution is -0.147. The molecule has 10 heteroatoms. The molecule has 0 saturated heterocycles. The fraction of sp³-hybridized carbons (Fsp3) is 0.400. The number of rotatable bonds is 1. The minimum absolute atomic E-state index is 0. The predicted octanol–water partition coefficient (Wildman–Crippen LogP) is 1.98. The molecule has 6 nitrogen and oxygen atoms in total. The van der Waals surface area contributed by atoms with Crippen molar-refractivity contribution in [3.8, 4) is 0 Å². The van der Waals surface area contributed by atoms with Crippen molar-refractivity contribution in [1.29, 1.82) is 0 Å². The monoisotopic (exact) mass is 373 g/mol. The zero-order valence-corrected chi connectivity index (χ0v) is 13.8. The first kappa shape index (κ1) is 17.7. The Morgan fingerprint density at radius 2 is 1.88 bits per heavy atom.